The van der Waals surface area contributed by atoms with Gasteiger partial charge in [0.1, 0.15) is 0 Å². The van der Waals surface area contributed by atoms with E-state index in [1.54, 1.807) is 18.3 Å². The number of halogens is 4. The van der Waals surface area contributed by atoms with E-state index in [0.717, 1.165) is 35.6 Å². The Kier molecular flexibility index (Phi) is 6.43. The van der Waals surface area contributed by atoms with Gasteiger partial charge >= 0.3 is 5.51 Å². The van der Waals surface area contributed by atoms with Crippen LogP contribution < -0.4 is 4.90 Å². The van der Waals surface area contributed by atoms with E-state index in [9.17, 15) is 13.2 Å². The normalized spacial score (nSPS) is 16.5. The van der Waals surface area contributed by atoms with Crippen molar-refractivity contribution in [1.82, 2.24) is 9.88 Å². The molecule has 1 saturated heterocycles. The molecule has 32 heavy (non-hydrogen) atoms. The summed E-state index contributed by atoms with van der Waals surface area (Å²) in [7, 11) is 0. The Bertz CT molecular complexity index is 1090. The molecule has 4 rings (SSSR count). The van der Waals surface area contributed by atoms with Gasteiger partial charge in [-0.3, -0.25) is 9.88 Å². The summed E-state index contributed by atoms with van der Waals surface area (Å²) in [5.74, 6) is 0. The fraction of sp³-hybridized carbons (Fsp3) is 0.292. The topological polar surface area (TPSA) is 19.4 Å². The SMILES string of the molecule is CC1(C)CN(c2ccc(SC(F)(F)F)cc2)CN1Cc1ccnc(-c2ccccc2Cl)c1. The van der Waals surface area contributed by atoms with E-state index in [-0.39, 0.29) is 22.2 Å². The van der Waals surface area contributed by atoms with Crippen molar-refractivity contribution < 1.29 is 13.2 Å². The lowest BCUT2D eigenvalue weighted by Crippen LogP contribution is -2.39. The van der Waals surface area contributed by atoms with Crippen molar-refractivity contribution in [2.24, 2.45) is 0 Å². The molecule has 3 nitrogen and oxygen atoms in total. The highest BCUT2D eigenvalue weighted by atomic mass is 35.5. The van der Waals surface area contributed by atoms with Gasteiger partial charge in [0, 0.05) is 46.0 Å². The minimum Gasteiger partial charge on any atom is -0.357 e. The number of thioether (sulfide) groups is 1. The number of benzene rings is 2. The van der Waals surface area contributed by atoms with Crippen molar-refractivity contribution in [3.63, 3.8) is 0 Å². The predicted octanol–water partition coefficient (Wildman–Crippen LogP) is 7.07. The summed E-state index contributed by atoms with van der Waals surface area (Å²) in [6.07, 6.45) is 1.80. The Morgan fingerprint density at radius 2 is 1.78 bits per heavy atom. The van der Waals surface area contributed by atoms with E-state index >= 15 is 0 Å². The van der Waals surface area contributed by atoms with E-state index in [2.05, 4.69) is 34.7 Å². The molecule has 0 saturated carbocycles. The summed E-state index contributed by atoms with van der Waals surface area (Å²) < 4.78 is 37.8. The van der Waals surface area contributed by atoms with Crippen molar-refractivity contribution in [2.75, 3.05) is 18.1 Å². The van der Waals surface area contributed by atoms with Gasteiger partial charge in [0.2, 0.25) is 0 Å². The monoisotopic (exact) mass is 477 g/mol. The number of rotatable bonds is 5. The van der Waals surface area contributed by atoms with Crippen molar-refractivity contribution >= 4 is 29.1 Å². The Morgan fingerprint density at radius 1 is 1.06 bits per heavy atom. The molecule has 0 atom stereocenters. The molecule has 0 bridgehead atoms. The summed E-state index contributed by atoms with van der Waals surface area (Å²) >= 11 is 6.25. The molecular weight excluding hydrogens is 455 g/mol. The third-order valence-corrected chi connectivity index (χ3v) is 6.63. The Hall–Kier alpha value is -2.22. The third kappa shape index (κ3) is 5.39. The minimum atomic E-state index is -4.28. The van der Waals surface area contributed by atoms with Gasteiger partial charge < -0.3 is 4.90 Å². The zero-order valence-electron chi connectivity index (χ0n) is 17.7. The van der Waals surface area contributed by atoms with Crippen molar-refractivity contribution in [1.29, 1.82) is 0 Å². The standard InChI is InChI=1S/C24H23ClF3N3S/c1-23(2)15-30(18-7-9-19(10-8-18)32-24(26,27)28)16-31(23)14-17-11-12-29-22(13-17)20-5-3-4-6-21(20)25/h3-13H,14-16H2,1-2H3. The highest BCUT2D eigenvalue weighted by Crippen LogP contribution is 2.38. The van der Waals surface area contributed by atoms with Gasteiger partial charge in [-0.15, -0.1) is 0 Å². The number of hydrogen-bond acceptors (Lipinski definition) is 4. The second-order valence-electron chi connectivity index (χ2n) is 8.42. The maximum Gasteiger partial charge on any atom is 0.446 e. The number of nitrogens with zero attached hydrogens (tertiary/aromatic N) is 3. The summed E-state index contributed by atoms with van der Waals surface area (Å²) in [5, 5.41) is 0.664. The number of aromatic nitrogens is 1. The Morgan fingerprint density at radius 3 is 2.47 bits per heavy atom. The average molecular weight is 478 g/mol. The van der Waals surface area contributed by atoms with E-state index < -0.39 is 5.51 Å². The fourth-order valence-corrected chi connectivity index (χ4v) is 4.69. The van der Waals surface area contributed by atoms with E-state index in [0.29, 0.717) is 11.7 Å². The van der Waals surface area contributed by atoms with Crippen LogP contribution >= 0.6 is 23.4 Å². The minimum absolute atomic E-state index is 0.0897. The first-order valence-electron chi connectivity index (χ1n) is 10.2. The molecule has 0 N–H and O–H groups in total. The first-order chi connectivity index (χ1) is 15.1. The molecule has 1 aliphatic rings. The molecule has 0 unspecified atom stereocenters. The van der Waals surface area contributed by atoms with E-state index in [4.69, 9.17) is 11.6 Å². The zero-order valence-corrected chi connectivity index (χ0v) is 19.3. The molecule has 0 amide bonds. The number of hydrogen-bond donors (Lipinski definition) is 0. The molecule has 1 aliphatic heterocycles. The van der Waals surface area contributed by atoms with Crippen LogP contribution in [0.3, 0.4) is 0 Å². The summed E-state index contributed by atoms with van der Waals surface area (Å²) in [4.78, 5) is 9.23. The average Bonchev–Trinajstić information content (AvgIpc) is 3.02. The molecule has 0 spiro atoms. The first-order valence-corrected chi connectivity index (χ1v) is 11.4. The predicted molar refractivity (Wildman–Crippen MR) is 125 cm³/mol. The van der Waals surface area contributed by atoms with E-state index in [1.807, 2.05) is 30.3 Å². The van der Waals surface area contributed by atoms with Crippen LogP contribution in [-0.4, -0.2) is 34.1 Å². The molecule has 0 radical (unpaired) electrons. The zero-order chi connectivity index (χ0) is 22.9. The fourth-order valence-electron chi connectivity index (χ4n) is 3.92. The van der Waals surface area contributed by atoms with Crippen LogP contribution in [0.2, 0.25) is 5.02 Å². The number of anilines is 1. The maximum absolute atomic E-state index is 12.6. The lowest BCUT2D eigenvalue weighted by molar-refractivity contribution is -0.0328. The summed E-state index contributed by atoms with van der Waals surface area (Å²) in [6.45, 7) is 6.54. The number of pyridine rings is 1. The molecule has 3 aromatic rings. The van der Waals surface area contributed by atoms with Crippen LogP contribution in [0.4, 0.5) is 18.9 Å². The van der Waals surface area contributed by atoms with E-state index in [1.165, 1.54) is 12.1 Å². The lowest BCUT2D eigenvalue weighted by atomic mass is 10.0. The highest BCUT2D eigenvalue weighted by molar-refractivity contribution is 8.00. The molecule has 1 fully saturated rings. The molecule has 1 aromatic heterocycles. The van der Waals surface area contributed by atoms with Gasteiger partial charge in [0.25, 0.3) is 0 Å². The molecule has 8 heteroatoms. The number of alkyl halides is 3. The summed E-state index contributed by atoms with van der Waals surface area (Å²) in [6, 6.07) is 18.3. The van der Waals surface area contributed by atoms with Gasteiger partial charge in [-0.05, 0) is 73.6 Å². The Labute approximate surface area is 195 Å². The molecular formula is C24H23ClF3N3S. The largest absolute Gasteiger partial charge is 0.446 e. The molecule has 2 aromatic carbocycles. The quantitative estimate of drug-likeness (QED) is 0.366. The second-order valence-corrected chi connectivity index (χ2v) is 9.97. The third-order valence-electron chi connectivity index (χ3n) is 5.56. The van der Waals surface area contributed by atoms with Crippen LogP contribution in [0.5, 0.6) is 0 Å². The van der Waals surface area contributed by atoms with Gasteiger partial charge in [0.05, 0.1) is 12.4 Å². The van der Waals surface area contributed by atoms with Crippen molar-refractivity contribution in [3.05, 3.63) is 77.4 Å². The summed E-state index contributed by atoms with van der Waals surface area (Å²) in [5.41, 5.74) is -0.607. The van der Waals surface area contributed by atoms with Gasteiger partial charge in [0.15, 0.2) is 0 Å². The smallest absolute Gasteiger partial charge is 0.357 e. The molecule has 2 heterocycles. The molecule has 168 valence electrons. The van der Waals surface area contributed by atoms with Gasteiger partial charge in [-0.2, -0.15) is 13.2 Å². The second kappa shape index (κ2) is 8.96. The first kappa shape index (κ1) is 23.0. The van der Waals surface area contributed by atoms with Crippen LogP contribution in [0.15, 0.2) is 71.8 Å². The van der Waals surface area contributed by atoms with Gasteiger partial charge in [-0.25, -0.2) is 0 Å². The van der Waals surface area contributed by atoms with Crippen LogP contribution in [0.1, 0.15) is 19.4 Å². The van der Waals surface area contributed by atoms with Gasteiger partial charge in [-0.1, -0.05) is 29.8 Å². The highest BCUT2D eigenvalue weighted by Gasteiger charge is 2.37. The van der Waals surface area contributed by atoms with Crippen LogP contribution in [-0.2, 0) is 6.54 Å². The van der Waals surface area contributed by atoms with Crippen molar-refractivity contribution in [2.45, 2.75) is 36.3 Å². The van der Waals surface area contributed by atoms with Crippen LogP contribution in [0, 0.1) is 0 Å². The van der Waals surface area contributed by atoms with Crippen molar-refractivity contribution in [3.8, 4) is 11.3 Å². The Balaban J connectivity index is 1.49. The van der Waals surface area contributed by atoms with Crippen LogP contribution in [0.25, 0.3) is 11.3 Å². The maximum atomic E-state index is 12.6. The molecule has 0 aliphatic carbocycles. The lowest BCUT2D eigenvalue weighted by Gasteiger charge is -2.29.